The molecular weight excluding hydrogens is 204 g/mol. The van der Waals surface area contributed by atoms with Gasteiger partial charge in [-0.1, -0.05) is 6.08 Å². The largest absolute Gasteiger partial charge is 0.481 e. The quantitative estimate of drug-likeness (QED) is 0.790. The van der Waals surface area contributed by atoms with Gasteiger partial charge in [-0.15, -0.1) is 23.5 Å². The number of aliphatic carboxylic acids is 1. The highest BCUT2D eigenvalue weighted by Gasteiger charge is 2.25. The zero-order chi connectivity index (χ0) is 9.90. The Morgan fingerprint density at radius 3 is 2.85 bits per heavy atom. The van der Waals surface area contributed by atoms with Gasteiger partial charge in [-0.25, -0.2) is 0 Å². The number of thioether (sulfide) groups is 2. The maximum Gasteiger partial charge on any atom is 0.303 e. The number of carboxylic acid groups (broad SMARTS) is 1. The summed E-state index contributed by atoms with van der Waals surface area (Å²) in [4.78, 5) is 10.4. The SMILES string of the molecule is CC1(C)SC=CC(CCC(=O)O)S1. The summed E-state index contributed by atoms with van der Waals surface area (Å²) in [6, 6.07) is 0. The van der Waals surface area contributed by atoms with Crippen molar-refractivity contribution in [3.8, 4) is 0 Å². The van der Waals surface area contributed by atoms with E-state index in [2.05, 4.69) is 25.3 Å². The van der Waals surface area contributed by atoms with Crippen LogP contribution in [0.4, 0.5) is 0 Å². The summed E-state index contributed by atoms with van der Waals surface area (Å²) in [6.45, 7) is 4.33. The molecule has 74 valence electrons. The van der Waals surface area contributed by atoms with Gasteiger partial charge < -0.3 is 5.11 Å². The fourth-order valence-corrected chi connectivity index (χ4v) is 3.72. The molecule has 1 heterocycles. The van der Waals surface area contributed by atoms with Gasteiger partial charge in [-0.2, -0.15) is 0 Å². The fourth-order valence-electron chi connectivity index (χ4n) is 1.14. The van der Waals surface area contributed by atoms with E-state index in [4.69, 9.17) is 5.11 Å². The Bertz CT molecular complexity index is 224. The summed E-state index contributed by atoms with van der Waals surface area (Å²) >= 11 is 3.64. The summed E-state index contributed by atoms with van der Waals surface area (Å²) in [5.74, 6) is -0.704. The average molecular weight is 218 g/mol. The van der Waals surface area contributed by atoms with Crippen LogP contribution in [0.5, 0.6) is 0 Å². The molecule has 0 radical (unpaired) electrons. The van der Waals surface area contributed by atoms with Crippen molar-refractivity contribution >= 4 is 29.5 Å². The predicted octanol–water partition coefficient (Wildman–Crippen LogP) is 2.95. The van der Waals surface area contributed by atoms with Gasteiger partial charge in [0.25, 0.3) is 0 Å². The zero-order valence-electron chi connectivity index (χ0n) is 7.82. The molecule has 1 aliphatic heterocycles. The maximum atomic E-state index is 10.4. The Balaban J connectivity index is 2.39. The van der Waals surface area contributed by atoms with E-state index in [0.29, 0.717) is 5.25 Å². The second-order valence-corrected chi connectivity index (χ2v) is 7.08. The van der Waals surface area contributed by atoms with Crippen LogP contribution in [0.2, 0.25) is 0 Å². The van der Waals surface area contributed by atoms with Crippen LogP contribution in [-0.2, 0) is 4.79 Å². The van der Waals surface area contributed by atoms with Gasteiger partial charge >= 0.3 is 5.97 Å². The molecule has 13 heavy (non-hydrogen) atoms. The van der Waals surface area contributed by atoms with Crippen LogP contribution in [0, 0.1) is 0 Å². The highest BCUT2D eigenvalue weighted by Crippen LogP contribution is 2.44. The Morgan fingerprint density at radius 2 is 2.31 bits per heavy atom. The first-order valence-electron chi connectivity index (χ1n) is 4.24. The molecule has 0 saturated heterocycles. The first kappa shape index (κ1) is 11.0. The van der Waals surface area contributed by atoms with Crippen LogP contribution in [0.3, 0.4) is 0 Å². The summed E-state index contributed by atoms with van der Waals surface area (Å²) in [7, 11) is 0. The van der Waals surface area contributed by atoms with Gasteiger partial charge in [0.1, 0.15) is 0 Å². The Morgan fingerprint density at radius 1 is 1.62 bits per heavy atom. The molecule has 0 bridgehead atoms. The highest BCUT2D eigenvalue weighted by atomic mass is 32.2. The van der Waals surface area contributed by atoms with Crippen molar-refractivity contribution in [3.63, 3.8) is 0 Å². The van der Waals surface area contributed by atoms with E-state index in [1.165, 1.54) is 0 Å². The standard InChI is InChI=1S/C9H14O2S2/c1-9(2)12-6-5-7(13-9)3-4-8(10)11/h5-7H,3-4H2,1-2H3,(H,10,11). The lowest BCUT2D eigenvalue weighted by Crippen LogP contribution is -2.18. The number of rotatable bonds is 3. The van der Waals surface area contributed by atoms with Crippen LogP contribution < -0.4 is 0 Å². The number of hydrogen-bond acceptors (Lipinski definition) is 3. The van der Waals surface area contributed by atoms with Crippen molar-refractivity contribution in [2.75, 3.05) is 0 Å². The molecule has 0 amide bonds. The van der Waals surface area contributed by atoms with Crippen molar-refractivity contribution < 1.29 is 9.90 Å². The molecule has 0 aromatic carbocycles. The third-order valence-electron chi connectivity index (χ3n) is 1.72. The average Bonchev–Trinajstić information content (AvgIpc) is 1.99. The minimum atomic E-state index is -0.704. The smallest absolute Gasteiger partial charge is 0.303 e. The molecule has 4 heteroatoms. The van der Waals surface area contributed by atoms with Gasteiger partial charge in [-0.05, 0) is 25.7 Å². The molecule has 0 fully saturated rings. The molecular formula is C9H14O2S2. The molecule has 0 aromatic heterocycles. The first-order chi connectivity index (χ1) is 5.99. The van der Waals surface area contributed by atoms with E-state index in [1.54, 1.807) is 11.8 Å². The maximum absolute atomic E-state index is 10.4. The minimum absolute atomic E-state index is 0.192. The third kappa shape index (κ3) is 4.09. The van der Waals surface area contributed by atoms with Crippen molar-refractivity contribution in [1.29, 1.82) is 0 Å². The van der Waals surface area contributed by atoms with Crippen molar-refractivity contribution in [3.05, 3.63) is 11.5 Å². The molecule has 0 aliphatic carbocycles. The van der Waals surface area contributed by atoms with Crippen molar-refractivity contribution in [2.45, 2.75) is 36.0 Å². The molecule has 1 aliphatic rings. The van der Waals surface area contributed by atoms with Gasteiger partial charge in [0.15, 0.2) is 0 Å². The highest BCUT2D eigenvalue weighted by molar-refractivity contribution is 8.20. The Kier molecular flexibility index (Phi) is 3.74. The second-order valence-electron chi connectivity index (χ2n) is 3.43. The van der Waals surface area contributed by atoms with E-state index in [1.807, 2.05) is 11.8 Å². The summed E-state index contributed by atoms with van der Waals surface area (Å²) < 4.78 is 0.192. The fraction of sp³-hybridized carbons (Fsp3) is 0.667. The molecule has 0 spiro atoms. The third-order valence-corrected chi connectivity index (χ3v) is 4.42. The van der Waals surface area contributed by atoms with Gasteiger partial charge in [0.05, 0.1) is 4.08 Å². The molecule has 1 unspecified atom stereocenters. The second kappa shape index (κ2) is 4.42. The lowest BCUT2D eigenvalue weighted by atomic mass is 10.2. The number of hydrogen-bond donors (Lipinski definition) is 1. The Labute approximate surface area is 87.2 Å². The molecule has 1 N–H and O–H groups in total. The zero-order valence-corrected chi connectivity index (χ0v) is 9.45. The van der Waals surface area contributed by atoms with Crippen LogP contribution in [0.25, 0.3) is 0 Å². The minimum Gasteiger partial charge on any atom is -0.481 e. The predicted molar refractivity (Wildman–Crippen MR) is 59.1 cm³/mol. The Hall–Kier alpha value is -0.0900. The summed E-state index contributed by atoms with van der Waals surface area (Å²) in [5.41, 5.74) is 0. The van der Waals surface area contributed by atoms with Crippen LogP contribution in [-0.4, -0.2) is 20.4 Å². The van der Waals surface area contributed by atoms with Gasteiger partial charge in [0.2, 0.25) is 0 Å². The van der Waals surface area contributed by atoms with E-state index in [9.17, 15) is 4.79 Å². The molecule has 0 saturated carbocycles. The molecule has 0 aromatic rings. The van der Waals surface area contributed by atoms with Gasteiger partial charge in [0, 0.05) is 11.7 Å². The summed E-state index contributed by atoms with van der Waals surface area (Å²) in [5, 5.41) is 11.0. The van der Waals surface area contributed by atoms with E-state index >= 15 is 0 Å². The topological polar surface area (TPSA) is 37.3 Å². The van der Waals surface area contributed by atoms with Crippen molar-refractivity contribution in [2.24, 2.45) is 0 Å². The van der Waals surface area contributed by atoms with E-state index in [-0.39, 0.29) is 10.5 Å². The number of carboxylic acids is 1. The van der Waals surface area contributed by atoms with E-state index in [0.717, 1.165) is 6.42 Å². The molecule has 1 atom stereocenters. The lowest BCUT2D eigenvalue weighted by Gasteiger charge is -2.29. The molecule has 1 rings (SSSR count). The number of carbonyl (C=O) groups is 1. The van der Waals surface area contributed by atoms with Crippen LogP contribution in [0.1, 0.15) is 26.7 Å². The monoisotopic (exact) mass is 218 g/mol. The van der Waals surface area contributed by atoms with Crippen LogP contribution >= 0.6 is 23.5 Å². The van der Waals surface area contributed by atoms with Crippen molar-refractivity contribution in [1.82, 2.24) is 0 Å². The van der Waals surface area contributed by atoms with Crippen LogP contribution in [0.15, 0.2) is 11.5 Å². The van der Waals surface area contributed by atoms with Gasteiger partial charge in [-0.3, -0.25) is 4.79 Å². The summed E-state index contributed by atoms with van der Waals surface area (Å²) in [6.07, 6.45) is 3.10. The normalized spacial score (nSPS) is 25.8. The van der Waals surface area contributed by atoms with E-state index < -0.39 is 5.97 Å². The lowest BCUT2D eigenvalue weighted by molar-refractivity contribution is -0.137. The molecule has 2 nitrogen and oxygen atoms in total. The first-order valence-corrected chi connectivity index (χ1v) is 6.00.